The number of nitrogens with one attached hydrogen (secondary N) is 1. The van der Waals surface area contributed by atoms with E-state index in [1.54, 1.807) is 0 Å². The van der Waals surface area contributed by atoms with Crippen LogP contribution in [-0.4, -0.2) is 36.6 Å². The summed E-state index contributed by atoms with van der Waals surface area (Å²) in [5.41, 5.74) is 0. The standard InChI is InChI=1S/C14H28N2/c1-12-13(2)16(11-9-15-12)10-8-14-6-4-3-5-7-14/h12-15H,3-11H2,1-2H3. The van der Waals surface area contributed by atoms with Gasteiger partial charge in [0.2, 0.25) is 0 Å². The zero-order chi connectivity index (χ0) is 11.4. The van der Waals surface area contributed by atoms with Gasteiger partial charge in [0.1, 0.15) is 0 Å². The van der Waals surface area contributed by atoms with Crippen LogP contribution in [0, 0.1) is 5.92 Å². The molecule has 16 heavy (non-hydrogen) atoms. The van der Waals surface area contributed by atoms with Gasteiger partial charge in [0.05, 0.1) is 0 Å². The first-order valence-electron chi connectivity index (χ1n) is 7.25. The molecule has 1 N–H and O–H groups in total. The number of hydrogen-bond donors (Lipinski definition) is 1. The maximum atomic E-state index is 3.56. The summed E-state index contributed by atoms with van der Waals surface area (Å²) in [5, 5.41) is 3.56. The molecule has 2 heteroatoms. The van der Waals surface area contributed by atoms with E-state index in [2.05, 4.69) is 24.1 Å². The van der Waals surface area contributed by atoms with Crippen LogP contribution < -0.4 is 5.32 Å². The first-order valence-corrected chi connectivity index (χ1v) is 7.25. The van der Waals surface area contributed by atoms with Crippen LogP contribution in [0.3, 0.4) is 0 Å². The second-order valence-electron chi connectivity index (χ2n) is 5.81. The molecular weight excluding hydrogens is 196 g/mol. The fourth-order valence-corrected chi connectivity index (χ4v) is 3.27. The van der Waals surface area contributed by atoms with Gasteiger partial charge in [0.25, 0.3) is 0 Å². The molecule has 2 aliphatic rings. The molecule has 0 spiro atoms. The minimum Gasteiger partial charge on any atom is -0.311 e. The lowest BCUT2D eigenvalue weighted by molar-refractivity contribution is 0.125. The van der Waals surface area contributed by atoms with E-state index >= 15 is 0 Å². The number of hydrogen-bond acceptors (Lipinski definition) is 2. The first kappa shape index (κ1) is 12.4. The van der Waals surface area contributed by atoms with Crippen molar-refractivity contribution >= 4 is 0 Å². The maximum absolute atomic E-state index is 3.56. The molecule has 2 rings (SSSR count). The zero-order valence-corrected chi connectivity index (χ0v) is 11.0. The molecule has 0 aromatic rings. The zero-order valence-electron chi connectivity index (χ0n) is 11.0. The molecule has 0 aromatic heterocycles. The summed E-state index contributed by atoms with van der Waals surface area (Å²) in [7, 11) is 0. The Morgan fingerprint density at radius 1 is 1.12 bits per heavy atom. The van der Waals surface area contributed by atoms with Gasteiger partial charge in [0.15, 0.2) is 0 Å². The Labute approximate surface area is 101 Å². The van der Waals surface area contributed by atoms with Gasteiger partial charge in [-0.1, -0.05) is 32.1 Å². The third-order valence-corrected chi connectivity index (χ3v) is 4.71. The number of rotatable bonds is 3. The van der Waals surface area contributed by atoms with Crippen molar-refractivity contribution in [3.05, 3.63) is 0 Å². The summed E-state index contributed by atoms with van der Waals surface area (Å²) in [6, 6.07) is 1.39. The van der Waals surface area contributed by atoms with Gasteiger partial charge in [-0.3, -0.25) is 4.90 Å². The number of nitrogens with zero attached hydrogens (tertiary/aromatic N) is 1. The Kier molecular flexibility index (Phi) is 4.66. The van der Waals surface area contributed by atoms with Gasteiger partial charge in [-0.15, -0.1) is 0 Å². The average Bonchev–Trinajstić information content (AvgIpc) is 2.32. The molecule has 1 aliphatic heterocycles. The minimum atomic E-state index is 0.667. The largest absolute Gasteiger partial charge is 0.311 e. The molecule has 0 bridgehead atoms. The lowest BCUT2D eigenvalue weighted by atomic mass is 9.86. The molecule has 0 aromatic carbocycles. The van der Waals surface area contributed by atoms with Crippen molar-refractivity contribution in [2.75, 3.05) is 19.6 Å². The first-order chi connectivity index (χ1) is 7.77. The van der Waals surface area contributed by atoms with Gasteiger partial charge >= 0.3 is 0 Å². The summed E-state index contributed by atoms with van der Waals surface area (Å²) >= 11 is 0. The van der Waals surface area contributed by atoms with E-state index in [1.165, 1.54) is 58.2 Å². The lowest BCUT2D eigenvalue weighted by Gasteiger charge is -2.39. The summed E-state index contributed by atoms with van der Waals surface area (Å²) in [6.07, 6.45) is 8.89. The molecule has 2 nitrogen and oxygen atoms in total. The van der Waals surface area contributed by atoms with E-state index in [0.29, 0.717) is 6.04 Å². The predicted molar refractivity (Wildman–Crippen MR) is 69.7 cm³/mol. The van der Waals surface area contributed by atoms with Crippen molar-refractivity contribution in [1.82, 2.24) is 10.2 Å². The summed E-state index contributed by atoms with van der Waals surface area (Å²) in [5.74, 6) is 1.03. The van der Waals surface area contributed by atoms with Crippen LogP contribution in [-0.2, 0) is 0 Å². The van der Waals surface area contributed by atoms with E-state index < -0.39 is 0 Å². The Morgan fingerprint density at radius 2 is 1.88 bits per heavy atom. The Hall–Kier alpha value is -0.0800. The van der Waals surface area contributed by atoms with E-state index in [-0.39, 0.29) is 0 Å². The van der Waals surface area contributed by atoms with Crippen molar-refractivity contribution in [3.8, 4) is 0 Å². The molecule has 94 valence electrons. The fourth-order valence-electron chi connectivity index (χ4n) is 3.27. The normalized spacial score (nSPS) is 34.1. The van der Waals surface area contributed by atoms with E-state index in [0.717, 1.165) is 12.0 Å². The maximum Gasteiger partial charge on any atom is 0.0218 e. The highest BCUT2D eigenvalue weighted by atomic mass is 15.2. The van der Waals surface area contributed by atoms with Crippen molar-refractivity contribution < 1.29 is 0 Å². The van der Waals surface area contributed by atoms with Gasteiger partial charge in [-0.25, -0.2) is 0 Å². The van der Waals surface area contributed by atoms with Crippen LogP contribution in [0.25, 0.3) is 0 Å². The topological polar surface area (TPSA) is 15.3 Å². The molecule has 0 radical (unpaired) electrons. The van der Waals surface area contributed by atoms with E-state index in [9.17, 15) is 0 Å². The van der Waals surface area contributed by atoms with Crippen LogP contribution in [0.1, 0.15) is 52.4 Å². The molecule has 2 unspecified atom stereocenters. The quantitative estimate of drug-likeness (QED) is 0.793. The molecule has 2 fully saturated rings. The summed E-state index contributed by atoms with van der Waals surface area (Å²) in [6.45, 7) is 8.45. The number of piperazine rings is 1. The molecule has 0 amide bonds. The lowest BCUT2D eigenvalue weighted by Crippen LogP contribution is -2.55. The van der Waals surface area contributed by atoms with Crippen molar-refractivity contribution in [1.29, 1.82) is 0 Å². The third kappa shape index (κ3) is 3.21. The smallest absolute Gasteiger partial charge is 0.0218 e. The molecular formula is C14H28N2. The van der Waals surface area contributed by atoms with Gasteiger partial charge in [-0.2, -0.15) is 0 Å². The highest BCUT2D eigenvalue weighted by molar-refractivity contribution is 4.83. The van der Waals surface area contributed by atoms with E-state index in [4.69, 9.17) is 0 Å². The van der Waals surface area contributed by atoms with Crippen LogP contribution in [0.5, 0.6) is 0 Å². The van der Waals surface area contributed by atoms with Crippen LogP contribution in [0.2, 0.25) is 0 Å². The van der Waals surface area contributed by atoms with Crippen molar-refractivity contribution in [2.24, 2.45) is 5.92 Å². The molecule has 1 saturated carbocycles. The molecule has 1 saturated heterocycles. The molecule has 2 atom stereocenters. The Morgan fingerprint density at radius 3 is 2.62 bits per heavy atom. The fraction of sp³-hybridized carbons (Fsp3) is 1.00. The summed E-state index contributed by atoms with van der Waals surface area (Å²) in [4.78, 5) is 2.69. The summed E-state index contributed by atoms with van der Waals surface area (Å²) < 4.78 is 0. The third-order valence-electron chi connectivity index (χ3n) is 4.71. The monoisotopic (exact) mass is 224 g/mol. The molecule has 1 aliphatic carbocycles. The van der Waals surface area contributed by atoms with Gasteiger partial charge in [-0.05, 0) is 32.7 Å². The highest BCUT2D eigenvalue weighted by Gasteiger charge is 2.24. The highest BCUT2D eigenvalue weighted by Crippen LogP contribution is 2.26. The van der Waals surface area contributed by atoms with Gasteiger partial charge < -0.3 is 5.32 Å². The second-order valence-corrected chi connectivity index (χ2v) is 5.81. The minimum absolute atomic E-state index is 0.667. The molecule has 1 heterocycles. The van der Waals surface area contributed by atoms with E-state index in [1.807, 2.05) is 0 Å². The SMILES string of the molecule is CC1NCCN(CCC2CCCCC2)C1C. The van der Waals surface area contributed by atoms with Gasteiger partial charge in [0, 0.05) is 25.2 Å². The Balaban J connectivity index is 1.71. The van der Waals surface area contributed by atoms with Crippen LogP contribution in [0.15, 0.2) is 0 Å². The predicted octanol–water partition coefficient (Wildman–Crippen LogP) is 2.64. The Bertz CT molecular complexity index is 199. The van der Waals surface area contributed by atoms with Crippen LogP contribution in [0.4, 0.5) is 0 Å². The van der Waals surface area contributed by atoms with Crippen molar-refractivity contribution in [3.63, 3.8) is 0 Å². The average molecular weight is 224 g/mol. The van der Waals surface area contributed by atoms with Crippen LogP contribution >= 0.6 is 0 Å². The van der Waals surface area contributed by atoms with Crippen molar-refractivity contribution in [2.45, 2.75) is 64.5 Å². The second kappa shape index (κ2) is 6.02.